The largest absolute Gasteiger partial charge is 0.304 e. The van der Waals surface area contributed by atoms with Crippen molar-refractivity contribution < 1.29 is 8.42 Å². The Labute approximate surface area is 132 Å². The molecule has 1 saturated heterocycles. The number of likely N-dealkylation sites (N-methyl/N-ethyl adjacent to an activating group) is 1. The van der Waals surface area contributed by atoms with E-state index in [0.29, 0.717) is 12.2 Å². The molecule has 21 heavy (non-hydrogen) atoms. The summed E-state index contributed by atoms with van der Waals surface area (Å²) in [6.45, 7) is 5.66. The standard InChI is InChI=1S/C12H23N5O2S.ClH/c1-10(2)16-9-12(7-14-16)17(20(13,18)19)11-5-4-6-15(3)8-11;/h7,9-11H,4-6,8H2,1-3H3,(H2,13,18,19);1H/t11-;/m0./s1. The summed E-state index contributed by atoms with van der Waals surface area (Å²) in [6, 6.07) is 0.0497. The van der Waals surface area contributed by atoms with Gasteiger partial charge >= 0.3 is 0 Å². The van der Waals surface area contributed by atoms with Crippen molar-refractivity contribution in [2.24, 2.45) is 5.14 Å². The lowest BCUT2D eigenvalue weighted by atomic mass is 10.1. The molecule has 0 radical (unpaired) electrons. The quantitative estimate of drug-likeness (QED) is 0.888. The van der Waals surface area contributed by atoms with E-state index in [2.05, 4.69) is 10.00 Å². The molecule has 1 aliphatic heterocycles. The van der Waals surface area contributed by atoms with E-state index in [-0.39, 0.29) is 24.5 Å². The highest BCUT2D eigenvalue weighted by molar-refractivity contribution is 7.90. The van der Waals surface area contributed by atoms with Crippen LogP contribution < -0.4 is 9.44 Å². The van der Waals surface area contributed by atoms with Gasteiger partial charge in [-0.1, -0.05) is 0 Å². The molecule has 0 saturated carbocycles. The molecule has 1 aromatic rings. The van der Waals surface area contributed by atoms with Crippen LogP contribution >= 0.6 is 12.4 Å². The number of nitrogens with zero attached hydrogens (tertiary/aromatic N) is 4. The van der Waals surface area contributed by atoms with E-state index in [1.807, 2.05) is 20.9 Å². The second-order valence-corrected chi connectivity index (χ2v) is 7.09. The highest BCUT2D eigenvalue weighted by Crippen LogP contribution is 2.25. The van der Waals surface area contributed by atoms with E-state index < -0.39 is 10.2 Å². The average molecular weight is 338 g/mol. The number of aromatic nitrogens is 2. The first-order valence-corrected chi connectivity index (χ1v) is 8.34. The van der Waals surface area contributed by atoms with Crippen molar-refractivity contribution in [3.8, 4) is 0 Å². The third-order valence-corrected chi connectivity index (χ3v) is 4.63. The minimum atomic E-state index is -3.80. The molecule has 2 heterocycles. The minimum absolute atomic E-state index is 0. The molecule has 1 fully saturated rings. The Hall–Kier alpha value is -0.830. The van der Waals surface area contributed by atoms with Gasteiger partial charge in [-0.25, -0.2) is 5.14 Å². The highest BCUT2D eigenvalue weighted by atomic mass is 35.5. The Morgan fingerprint density at radius 2 is 2.14 bits per heavy atom. The summed E-state index contributed by atoms with van der Waals surface area (Å²) in [6.07, 6.45) is 5.09. The van der Waals surface area contributed by atoms with E-state index in [0.717, 1.165) is 19.4 Å². The topological polar surface area (TPSA) is 84.5 Å². The summed E-state index contributed by atoms with van der Waals surface area (Å²) in [5, 5.41) is 9.62. The Balaban J connectivity index is 0.00000220. The first-order valence-electron chi connectivity index (χ1n) is 6.84. The second kappa shape index (κ2) is 6.95. The van der Waals surface area contributed by atoms with Crippen LogP contribution in [0.15, 0.2) is 12.4 Å². The second-order valence-electron chi connectivity index (χ2n) is 5.67. The van der Waals surface area contributed by atoms with Crippen LogP contribution in [0.5, 0.6) is 0 Å². The van der Waals surface area contributed by atoms with Crippen LogP contribution in [0.1, 0.15) is 32.7 Å². The molecule has 0 bridgehead atoms. The molecule has 1 aliphatic rings. The van der Waals surface area contributed by atoms with Gasteiger partial charge in [0.25, 0.3) is 10.2 Å². The Kier molecular flexibility index (Phi) is 6.03. The Morgan fingerprint density at radius 1 is 1.48 bits per heavy atom. The Morgan fingerprint density at radius 3 is 2.62 bits per heavy atom. The molecule has 0 amide bonds. The lowest BCUT2D eigenvalue weighted by Crippen LogP contribution is -2.51. The van der Waals surface area contributed by atoms with Crippen LogP contribution in [-0.2, 0) is 10.2 Å². The van der Waals surface area contributed by atoms with Gasteiger partial charge in [0.15, 0.2) is 0 Å². The molecule has 2 N–H and O–H groups in total. The monoisotopic (exact) mass is 337 g/mol. The van der Waals surface area contributed by atoms with Crippen LogP contribution in [0.3, 0.4) is 0 Å². The lowest BCUT2D eigenvalue weighted by molar-refractivity contribution is 0.253. The van der Waals surface area contributed by atoms with Crippen LogP contribution in [0.25, 0.3) is 0 Å². The minimum Gasteiger partial charge on any atom is -0.304 e. The number of halogens is 1. The molecule has 0 unspecified atom stereocenters. The molecule has 9 heteroatoms. The number of hydrogen-bond acceptors (Lipinski definition) is 4. The van der Waals surface area contributed by atoms with Crippen molar-refractivity contribution in [1.82, 2.24) is 14.7 Å². The highest BCUT2D eigenvalue weighted by Gasteiger charge is 2.31. The molecule has 1 atom stereocenters. The SMILES string of the molecule is CC(C)n1cc(N([C@H]2CCCN(C)C2)S(N)(=O)=O)cn1.Cl. The zero-order valence-corrected chi connectivity index (χ0v) is 14.3. The number of likely N-dealkylation sites (tertiary alicyclic amines) is 1. The van der Waals surface area contributed by atoms with Crippen molar-refractivity contribution in [2.45, 2.75) is 38.8 Å². The fourth-order valence-corrected chi connectivity index (χ4v) is 3.60. The van der Waals surface area contributed by atoms with Crippen LogP contribution in [0.4, 0.5) is 5.69 Å². The number of nitrogens with two attached hydrogens (primary N) is 1. The predicted octanol–water partition coefficient (Wildman–Crippen LogP) is 0.990. The Bertz CT molecular complexity index is 560. The summed E-state index contributed by atoms with van der Waals surface area (Å²) in [4.78, 5) is 2.12. The maximum atomic E-state index is 12.0. The zero-order valence-electron chi connectivity index (χ0n) is 12.6. The van der Waals surface area contributed by atoms with Gasteiger partial charge in [0.05, 0.1) is 17.9 Å². The summed E-state index contributed by atoms with van der Waals surface area (Å²) >= 11 is 0. The molecular weight excluding hydrogens is 314 g/mol. The number of rotatable bonds is 4. The van der Waals surface area contributed by atoms with Crippen molar-refractivity contribution in [3.05, 3.63) is 12.4 Å². The van der Waals surface area contributed by atoms with Gasteiger partial charge in [-0.2, -0.15) is 13.5 Å². The van der Waals surface area contributed by atoms with Crippen molar-refractivity contribution in [1.29, 1.82) is 0 Å². The molecule has 2 rings (SSSR count). The van der Waals surface area contributed by atoms with Crippen molar-refractivity contribution in [3.63, 3.8) is 0 Å². The smallest absolute Gasteiger partial charge is 0.299 e. The molecular formula is C12H24ClN5O2S. The normalized spacial score (nSPS) is 20.3. The molecule has 0 aliphatic carbocycles. The van der Waals surface area contributed by atoms with E-state index in [4.69, 9.17) is 5.14 Å². The summed E-state index contributed by atoms with van der Waals surface area (Å²) in [7, 11) is -1.81. The number of anilines is 1. The summed E-state index contributed by atoms with van der Waals surface area (Å²) in [5.74, 6) is 0. The molecule has 0 spiro atoms. The van der Waals surface area contributed by atoms with E-state index in [1.54, 1.807) is 17.1 Å². The van der Waals surface area contributed by atoms with Crippen LogP contribution in [-0.4, -0.2) is 49.3 Å². The lowest BCUT2D eigenvalue weighted by Gasteiger charge is -2.36. The van der Waals surface area contributed by atoms with Gasteiger partial charge < -0.3 is 4.90 Å². The predicted molar refractivity (Wildman–Crippen MR) is 86.0 cm³/mol. The van der Waals surface area contributed by atoms with Crippen molar-refractivity contribution >= 4 is 28.3 Å². The number of piperidine rings is 1. The zero-order chi connectivity index (χ0) is 14.9. The first-order chi connectivity index (χ1) is 9.29. The third-order valence-electron chi connectivity index (χ3n) is 3.58. The third kappa shape index (κ3) is 4.32. The fraction of sp³-hybridized carbons (Fsp3) is 0.750. The summed E-state index contributed by atoms with van der Waals surface area (Å²) < 4.78 is 27.0. The van der Waals surface area contributed by atoms with Gasteiger partial charge in [-0.05, 0) is 40.3 Å². The van der Waals surface area contributed by atoms with Gasteiger partial charge in [-0.15, -0.1) is 12.4 Å². The van der Waals surface area contributed by atoms with Gasteiger partial charge in [0.1, 0.15) is 0 Å². The van der Waals surface area contributed by atoms with Gasteiger partial charge in [0.2, 0.25) is 0 Å². The fourth-order valence-electron chi connectivity index (χ4n) is 2.62. The van der Waals surface area contributed by atoms with E-state index in [9.17, 15) is 8.42 Å². The van der Waals surface area contributed by atoms with Crippen LogP contribution in [0, 0.1) is 0 Å². The average Bonchev–Trinajstić information content (AvgIpc) is 2.76. The van der Waals surface area contributed by atoms with Gasteiger partial charge in [-0.3, -0.25) is 8.99 Å². The molecule has 7 nitrogen and oxygen atoms in total. The van der Waals surface area contributed by atoms with Crippen molar-refractivity contribution in [2.75, 3.05) is 24.4 Å². The molecule has 0 aromatic carbocycles. The molecule has 122 valence electrons. The van der Waals surface area contributed by atoms with E-state index >= 15 is 0 Å². The maximum absolute atomic E-state index is 12.0. The van der Waals surface area contributed by atoms with Crippen LogP contribution in [0.2, 0.25) is 0 Å². The summed E-state index contributed by atoms with van der Waals surface area (Å²) in [5.41, 5.74) is 0.543. The first kappa shape index (κ1) is 18.2. The molecule has 1 aromatic heterocycles. The number of hydrogen-bond donors (Lipinski definition) is 1. The van der Waals surface area contributed by atoms with E-state index in [1.165, 1.54) is 4.31 Å². The van der Waals surface area contributed by atoms with Gasteiger partial charge in [0, 0.05) is 18.8 Å². The maximum Gasteiger partial charge on any atom is 0.299 e.